The van der Waals surface area contributed by atoms with Crippen LogP contribution < -0.4 is 5.19 Å². The third-order valence-corrected chi connectivity index (χ3v) is 6.22. The summed E-state index contributed by atoms with van der Waals surface area (Å²) in [4.78, 5) is 0. The molecule has 0 fully saturated rings. The zero-order valence-electron chi connectivity index (χ0n) is 13.4. The molecular weight excluding hydrogens is 307 g/mol. The van der Waals surface area contributed by atoms with Gasteiger partial charge >= 0.3 is 8.80 Å². The second-order valence-electron chi connectivity index (χ2n) is 4.38. The van der Waals surface area contributed by atoms with Crippen LogP contribution in [0, 0.1) is 0 Å². The molecule has 1 radical (unpaired) electrons. The molecule has 5 heteroatoms. The van der Waals surface area contributed by atoms with E-state index in [0.717, 1.165) is 10.6 Å². The average Bonchev–Trinajstić information content (AvgIpc) is 2.47. The van der Waals surface area contributed by atoms with Crippen LogP contribution in [-0.4, -0.2) is 80.0 Å². The van der Waals surface area contributed by atoms with Gasteiger partial charge < -0.3 is 13.3 Å². The minimum atomic E-state index is -2.84. The van der Waals surface area contributed by atoms with Gasteiger partial charge in [0.2, 0.25) is 0 Å². The molecule has 2 aromatic rings. The number of fused-ring (bicyclic) bond motifs is 1. The van der Waals surface area contributed by atoms with E-state index in [9.17, 15) is 0 Å². The van der Waals surface area contributed by atoms with Crippen molar-refractivity contribution in [3.63, 3.8) is 0 Å². The number of hydrogen-bond donors (Lipinski definition) is 0. The van der Waals surface area contributed by atoms with Crippen molar-refractivity contribution >= 4 is 76.1 Å². The summed E-state index contributed by atoms with van der Waals surface area (Å²) in [7, 11) is -2.84. The minimum absolute atomic E-state index is 0. The van der Waals surface area contributed by atoms with Crippen molar-refractivity contribution in [3.05, 3.63) is 42.5 Å². The van der Waals surface area contributed by atoms with Crippen LogP contribution in [0.5, 0.6) is 0 Å². The van der Waals surface area contributed by atoms with Crippen molar-refractivity contribution in [2.75, 3.05) is 19.8 Å². The molecule has 0 saturated carbocycles. The second kappa shape index (κ2) is 9.54. The van der Waals surface area contributed by atoms with Crippen LogP contribution in [0.2, 0.25) is 0 Å². The van der Waals surface area contributed by atoms with Gasteiger partial charge in [0, 0.05) is 76.4 Å². The van der Waals surface area contributed by atoms with Gasteiger partial charge in [-0.05, 0) is 31.5 Å². The van der Waals surface area contributed by atoms with E-state index in [2.05, 4.69) is 24.3 Å². The molecule has 109 valence electrons. The first-order chi connectivity index (χ1) is 9.77. The molecule has 0 saturated heterocycles. The number of rotatable bonds is 7. The number of hydrogen-bond acceptors (Lipinski definition) is 3. The van der Waals surface area contributed by atoms with Gasteiger partial charge in [-0.3, -0.25) is 0 Å². The third kappa shape index (κ3) is 4.46. The molecule has 2 rings (SSSR count). The average molecular weight is 330 g/mol. The Kier molecular flexibility index (Phi) is 8.85. The number of benzene rings is 2. The predicted molar refractivity (Wildman–Crippen MR) is 90.0 cm³/mol. The largest absolute Gasteiger partial charge is 0.537 e. The van der Waals surface area contributed by atoms with Crippen LogP contribution in [0.15, 0.2) is 42.5 Å². The summed E-state index contributed by atoms with van der Waals surface area (Å²) in [6, 6.07) is 14.5. The van der Waals surface area contributed by atoms with Crippen molar-refractivity contribution in [1.29, 1.82) is 0 Å². The molecule has 0 atom stereocenters. The Bertz CT molecular complexity index is 540. The Labute approximate surface area is 170 Å². The van der Waals surface area contributed by atoms with Crippen LogP contribution >= 0.6 is 0 Å². The maximum atomic E-state index is 6.00. The molecule has 0 bridgehead atoms. The van der Waals surface area contributed by atoms with Gasteiger partial charge in [0.25, 0.3) is 0 Å². The van der Waals surface area contributed by atoms with E-state index in [1.54, 1.807) is 0 Å². The summed E-state index contributed by atoms with van der Waals surface area (Å²) in [6.07, 6.45) is 0. The molecule has 0 aromatic heterocycles. The van der Waals surface area contributed by atoms with E-state index >= 15 is 0 Å². The quantitative estimate of drug-likeness (QED) is 0.731. The summed E-state index contributed by atoms with van der Waals surface area (Å²) < 4.78 is 18.0. The van der Waals surface area contributed by atoms with Crippen LogP contribution in [0.25, 0.3) is 10.8 Å². The Hall–Kier alpha value is 0.433. The minimum Gasteiger partial charge on any atom is -0.370 e. The summed E-state index contributed by atoms with van der Waals surface area (Å²) in [6.45, 7) is 7.67. The maximum absolute atomic E-state index is 6.00. The van der Waals surface area contributed by atoms with Gasteiger partial charge in [0.05, 0.1) is 0 Å². The summed E-state index contributed by atoms with van der Waals surface area (Å²) >= 11 is 0. The molecule has 0 aliphatic heterocycles. The smallest absolute Gasteiger partial charge is 0.370 e. The van der Waals surface area contributed by atoms with Gasteiger partial charge in [-0.15, -0.1) is 0 Å². The second-order valence-corrected chi connectivity index (χ2v) is 6.90. The molecule has 0 aliphatic rings. The van der Waals surface area contributed by atoms with Gasteiger partial charge in [-0.1, -0.05) is 42.5 Å². The Morgan fingerprint density at radius 3 is 1.86 bits per heavy atom. The molecule has 0 aliphatic carbocycles. The van der Waals surface area contributed by atoms with Crippen molar-refractivity contribution in [2.45, 2.75) is 20.8 Å². The first kappa shape index (κ1) is 19.5. The standard InChI is InChI=1S/C16H22O3Si.K/c1-4-17-20(18-5-2,19-6-3)16-13-9-11-14-10-7-8-12-15(14)16;/h7-13H,4-6H2,1-3H3;. The monoisotopic (exact) mass is 329 g/mol. The summed E-state index contributed by atoms with van der Waals surface area (Å²) in [5, 5.41) is 3.39. The van der Waals surface area contributed by atoms with E-state index in [1.165, 1.54) is 5.39 Å². The van der Waals surface area contributed by atoms with Crippen LogP contribution in [0.1, 0.15) is 20.8 Å². The van der Waals surface area contributed by atoms with Gasteiger partial charge in [-0.2, -0.15) is 0 Å². The maximum Gasteiger partial charge on any atom is 0.537 e. The van der Waals surface area contributed by atoms with E-state index in [1.807, 2.05) is 39.0 Å². The van der Waals surface area contributed by atoms with E-state index in [4.69, 9.17) is 13.3 Å². The van der Waals surface area contributed by atoms with E-state index in [0.29, 0.717) is 19.8 Å². The molecule has 0 amide bonds. The van der Waals surface area contributed by atoms with Crippen LogP contribution in [0.4, 0.5) is 0 Å². The fourth-order valence-electron chi connectivity index (χ4n) is 2.42. The third-order valence-electron chi connectivity index (χ3n) is 3.12. The summed E-state index contributed by atoms with van der Waals surface area (Å²) in [5.74, 6) is 0. The van der Waals surface area contributed by atoms with Crippen molar-refractivity contribution in [3.8, 4) is 0 Å². The Balaban J connectivity index is 0.00000220. The predicted octanol–water partition coefficient (Wildman–Crippen LogP) is 2.71. The fraction of sp³-hybridized carbons (Fsp3) is 0.375. The topological polar surface area (TPSA) is 27.7 Å². The Morgan fingerprint density at radius 2 is 1.29 bits per heavy atom. The van der Waals surface area contributed by atoms with Gasteiger partial charge in [-0.25, -0.2) is 0 Å². The normalized spacial score (nSPS) is 11.4. The molecule has 2 aromatic carbocycles. The molecule has 0 unspecified atom stereocenters. The molecule has 0 N–H and O–H groups in total. The molecule has 0 spiro atoms. The van der Waals surface area contributed by atoms with Gasteiger partial charge in [0.1, 0.15) is 0 Å². The first-order valence-electron chi connectivity index (χ1n) is 7.17. The van der Waals surface area contributed by atoms with Crippen molar-refractivity contribution in [1.82, 2.24) is 0 Å². The summed E-state index contributed by atoms with van der Waals surface area (Å²) in [5.41, 5.74) is 0. The van der Waals surface area contributed by atoms with Crippen LogP contribution in [-0.2, 0) is 13.3 Å². The fourth-order valence-corrected chi connectivity index (χ4v) is 5.14. The zero-order valence-corrected chi connectivity index (χ0v) is 17.5. The SMILES string of the molecule is CCO[Si](OCC)(OCC)c1cccc2ccccc12.[K]. The zero-order chi connectivity index (χ0) is 14.4. The van der Waals surface area contributed by atoms with Crippen LogP contribution in [0.3, 0.4) is 0 Å². The van der Waals surface area contributed by atoms with E-state index in [-0.39, 0.29) is 51.4 Å². The van der Waals surface area contributed by atoms with Crippen molar-refractivity contribution in [2.24, 2.45) is 0 Å². The van der Waals surface area contributed by atoms with E-state index < -0.39 is 8.80 Å². The van der Waals surface area contributed by atoms with Crippen molar-refractivity contribution < 1.29 is 13.3 Å². The molecule has 21 heavy (non-hydrogen) atoms. The first-order valence-corrected chi connectivity index (χ1v) is 8.90. The molecule has 0 heterocycles. The van der Waals surface area contributed by atoms with Gasteiger partial charge in [0.15, 0.2) is 0 Å². The Morgan fingerprint density at radius 1 is 0.762 bits per heavy atom. The molecular formula is C16H22KO3Si. The molecule has 3 nitrogen and oxygen atoms in total.